The Labute approximate surface area is 206 Å². The zero-order valence-electron chi connectivity index (χ0n) is 18.4. The molecule has 6 nitrogen and oxygen atoms in total. The first-order valence-corrected chi connectivity index (χ1v) is 11.5. The molecule has 0 N–H and O–H groups in total. The van der Waals surface area contributed by atoms with E-state index in [-0.39, 0.29) is 38.9 Å². The van der Waals surface area contributed by atoms with Gasteiger partial charge in [-0.05, 0) is 60.2 Å². The van der Waals surface area contributed by atoms with Crippen LogP contribution in [-0.2, 0) is 11.3 Å². The summed E-state index contributed by atoms with van der Waals surface area (Å²) in [7, 11) is 1.46. The minimum Gasteiger partial charge on any atom is -0.493 e. The second kappa shape index (κ2) is 10.2. The molecule has 1 fully saturated rings. The molecule has 0 spiro atoms. The van der Waals surface area contributed by atoms with E-state index in [2.05, 4.69) is 0 Å². The van der Waals surface area contributed by atoms with Crippen molar-refractivity contribution in [1.29, 1.82) is 0 Å². The second-order valence-corrected chi connectivity index (χ2v) is 8.93. The lowest BCUT2D eigenvalue weighted by atomic mass is 10.1. The maximum atomic E-state index is 12.9. The summed E-state index contributed by atoms with van der Waals surface area (Å²) < 4.78 is 10.8. The number of nitrogens with zero attached hydrogens (tertiary/aromatic N) is 1. The van der Waals surface area contributed by atoms with E-state index in [9.17, 15) is 14.4 Å². The highest BCUT2D eigenvalue weighted by molar-refractivity contribution is 8.18. The lowest BCUT2D eigenvalue weighted by Gasteiger charge is -2.12. The fourth-order valence-corrected chi connectivity index (χ4v) is 4.36. The molecule has 4 rings (SSSR count). The van der Waals surface area contributed by atoms with E-state index < -0.39 is 5.97 Å². The van der Waals surface area contributed by atoms with Crippen LogP contribution in [0.1, 0.15) is 27.0 Å². The van der Waals surface area contributed by atoms with Crippen molar-refractivity contribution in [3.63, 3.8) is 0 Å². The molecule has 1 saturated heterocycles. The molecular weight excluding hydrogens is 474 g/mol. The van der Waals surface area contributed by atoms with Crippen LogP contribution >= 0.6 is 23.4 Å². The van der Waals surface area contributed by atoms with Gasteiger partial charge in [0.25, 0.3) is 11.1 Å². The molecule has 34 heavy (non-hydrogen) atoms. The predicted octanol–water partition coefficient (Wildman–Crippen LogP) is 6.11. The van der Waals surface area contributed by atoms with Crippen molar-refractivity contribution in [2.45, 2.75) is 13.5 Å². The minimum absolute atomic E-state index is 0.167. The van der Waals surface area contributed by atoms with Crippen LogP contribution in [0.25, 0.3) is 6.08 Å². The van der Waals surface area contributed by atoms with Crippen molar-refractivity contribution in [1.82, 2.24) is 4.90 Å². The van der Waals surface area contributed by atoms with E-state index in [1.807, 2.05) is 31.2 Å². The maximum Gasteiger partial charge on any atom is 0.345 e. The smallest absolute Gasteiger partial charge is 0.345 e. The Morgan fingerprint density at radius 3 is 2.47 bits per heavy atom. The number of ether oxygens (including phenoxy) is 2. The van der Waals surface area contributed by atoms with Crippen LogP contribution in [0.3, 0.4) is 0 Å². The zero-order valence-corrected chi connectivity index (χ0v) is 20.0. The molecule has 0 aliphatic carbocycles. The third-order valence-electron chi connectivity index (χ3n) is 5.12. The number of rotatable bonds is 6. The molecule has 0 saturated carbocycles. The Morgan fingerprint density at radius 2 is 1.76 bits per heavy atom. The van der Waals surface area contributed by atoms with Crippen LogP contribution in [0.4, 0.5) is 4.79 Å². The van der Waals surface area contributed by atoms with Gasteiger partial charge in [-0.25, -0.2) is 4.79 Å². The molecule has 8 heteroatoms. The van der Waals surface area contributed by atoms with Gasteiger partial charge in [-0.3, -0.25) is 14.5 Å². The fourth-order valence-electron chi connectivity index (χ4n) is 3.31. The Hall–Kier alpha value is -3.55. The number of benzene rings is 3. The number of halogens is 1. The molecule has 0 aromatic heterocycles. The number of aryl methyl sites for hydroxylation is 1. The van der Waals surface area contributed by atoms with Crippen LogP contribution in [0.15, 0.2) is 71.6 Å². The summed E-state index contributed by atoms with van der Waals surface area (Å²) >= 11 is 6.96. The van der Waals surface area contributed by atoms with Gasteiger partial charge in [-0.1, -0.05) is 59.6 Å². The number of hydrogen-bond donors (Lipinski definition) is 0. The lowest BCUT2D eigenvalue weighted by Crippen LogP contribution is -2.27. The quantitative estimate of drug-likeness (QED) is 0.234. The highest BCUT2D eigenvalue weighted by Crippen LogP contribution is 2.35. The normalized spacial score (nSPS) is 14.6. The SMILES string of the molecule is COc1ccc(/C=C2\SC(=O)N(Cc3ccc(C)cc3)C2=O)cc1OC(=O)c1ccccc1Cl. The molecule has 0 radical (unpaired) electrons. The van der Waals surface area contributed by atoms with Crippen LogP contribution in [-0.4, -0.2) is 29.1 Å². The number of esters is 1. The van der Waals surface area contributed by atoms with Crippen LogP contribution in [0, 0.1) is 6.92 Å². The number of methoxy groups -OCH3 is 1. The number of carbonyl (C=O) groups is 3. The van der Waals surface area contributed by atoms with Gasteiger partial charge >= 0.3 is 5.97 Å². The van der Waals surface area contributed by atoms with Gasteiger partial charge in [-0.15, -0.1) is 0 Å². The molecule has 0 bridgehead atoms. The fraction of sp³-hybridized carbons (Fsp3) is 0.115. The first-order valence-electron chi connectivity index (χ1n) is 10.3. The number of imide groups is 1. The van der Waals surface area contributed by atoms with E-state index in [0.29, 0.717) is 11.3 Å². The van der Waals surface area contributed by atoms with Crippen molar-refractivity contribution in [3.8, 4) is 11.5 Å². The van der Waals surface area contributed by atoms with Crippen LogP contribution in [0.5, 0.6) is 11.5 Å². The van der Waals surface area contributed by atoms with Gasteiger partial charge in [0.1, 0.15) is 0 Å². The third-order valence-corrected chi connectivity index (χ3v) is 6.35. The molecule has 172 valence electrons. The highest BCUT2D eigenvalue weighted by atomic mass is 35.5. The topological polar surface area (TPSA) is 72.9 Å². The van der Waals surface area contributed by atoms with Crippen molar-refractivity contribution in [3.05, 3.63) is 98.9 Å². The summed E-state index contributed by atoms with van der Waals surface area (Å²) in [5.74, 6) is -0.509. The Morgan fingerprint density at radius 1 is 1.03 bits per heavy atom. The number of amides is 2. The van der Waals surface area contributed by atoms with Gasteiger partial charge in [0.05, 0.1) is 29.1 Å². The van der Waals surface area contributed by atoms with Gasteiger partial charge in [0.15, 0.2) is 11.5 Å². The van der Waals surface area contributed by atoms with Crippen molar-refractivity contribution in [2.75, 3.05) is 7.11 Å². The first-order chi connectivity index (χ1) is 16.4. The number of hydrogen-bond acceptors (Lipinski definition) is 6. The van der Waals surface area contributed by atoms with Crippen molar-refractivity contribution < 1.29 is 23.9 Å². The number of thioether (sulfide) groups is 1. The van der Waals surface area contributed by atoms with Gasteiger partial charge in [0.2, 0.25) is 0 Å². The standard InChI is InChI=1S/C26H20ClNO5S/c1-16-7-9-17(10-8-16)15-28-24(29)23(34-26(28)31)14-18-11-12-21(32-2)22(13-18)33-25(30)19-5-3-4-6-20(19)27/h3-14H,15H2,1-2H3/b23-14-. The molecular formula is C26H20ClNO5S. The highest BCUT2D eigenvalue weighted by Gasteiger charge is 2.35. The largest absolute Gasteiger partial charge is 0.493 e. The van der Waals surface area contributed by atoms with Gasteiger partial charge in [-0.2, -0.15) is 0 Å². The van der Waals surface area contributed by atoms with Crippen LogP contribution in [0.2, 0.25) is 5.02 Å². The maximum absolute atomic E-state index is 12.9. The summed E-state index contributed by atoms with van der Waals surface area (Å²) in [6.07, 6.45) is 1.59. The molecule has 3 aromatic rings. The second-order valence-electron chi connectivity index (χ2n) is 7.53. The Kier molecular flexibility index (Phi) is 7.05. The average Bonchev–Trinajstić information content (AvgIpc) is 3.08. The van der Waals surface area contributed by atoms with E-state index in [0.717, 1.165) is 22.9 Å². The summed E-state index contributed by atoms with van der Waals surface area (Å²) in [5.41, 5.74) is 2.76. The minimum atomic E-state index is -0.639. The van der Waals surface area contributed by atoms with E-state index in [4.69, 9.17) is 21.1 Å². The average molecular weight is 494 g/mol. The monoisotopic (exact) mass is 493 g/mol. The predicted molar refractivity (Wildman–Crippen MR) is 132 cm³/mol. The van der Waals surface area contributed by atoms with Gasteiger partial charge < -0.3 is 9.47 Å². The number of carbonyl (C=O) groups excluding carboxylic acids is 3. The third kappa shape index (κ3) is 5.16. The van der Waals surface area contributed by atoms with Crippen molar-refractivity contribution >= 4 is 46.6 Å². The molecule has 0 atom stereocenters. The summed E-state index contributed by atoms with van der Waals surface area (Å²) in [6, 6.07) is 19.1. The van der Waals surface area contributed by atoms with E-state index >= 15 is 0 Å². The summed E-state index contributed by atoms with van der Waals surface area (Å²) in [4.78, 5) is 39.5. The Bertz CT molecular complexity index is 1300. The van der Waals surface area contributed by atoms with Crippen LogP contribution < -0.4 is 9.47 Å². The van der Waals surface area contributed by atoms with E-state index in [1.165, 1.54) is 12.0 Å². The molecule has 1 aliphatic heterocycles. The van der Waals surface area contributed by atoms with Gasteiger partial charge in [0, 0.05) is 0 Å². The molecule has 1 aliphatic rings. The van der Waals surface area contributed by atoms with E-state index in [1.54, 1.807) is 48.5 Å². The molecule has 0 unspecified atom stereocenters. The summed E-state index contributed by atoms with van der Waals surface area (Å²) in [5, 5.41) is -0.0689. The molecule has 2 amide bonds. The molecule has 3 aromatic carbocycles. The molecule has 1 heterocycles. The zero-order chi connectivity index (χ0) is 24.2. The lowest BCUT2D eigenvalue weighted by molar-refractivity contribution is -0.123. The summed E-state index contributed by atoms with van der Waals surface area (Å²) in [6.45, 7) is 2.17. The van der Waals surface area contributed by atoms with Crippen molar-refractivity contribution in [2.24, 2.45) is 0 Å². The first kappa shape index (κ1) is 23.6. The Balaban J connectivity index is 1.56.